The number of aryl methyl sites for hydroxylation is 1. The molecule has 0 amide bonds. The summed E-state index contributed by atoms with van der Waals surface area (Å²) in [4.78, 5) is 0. The van der Waals surface area contributed by atoms with Gasteiger partial charge in [0.1, 0.15) is 17.1 Å². The second-order valence-corrected chi connectivity index (χ2v) is 7.96. The first kappa shape index (κ1) is 17.3. The molecule has 0 bridgehead atoms. The van der Waals surface area contributed by atoms with Crippen molar-refractivity contribution in [3.63, 3.8) is 0 Å². The highest BCUT2D eigenvalue weighted by Gasteiger charge is 2.50. The molecule has 3 nitrogen and oxygen atoms in total. The SMILES string of the molecule is C=C1CC[C@H]2[C@@H](c3c(O)cc(CCCCC)cc3OC2(C)C)[C@H]1O. The Morgan fingerprint density at radius 1 is 1.29 bits per heavy atom. The average molecular weight is 330 g/mol. The number of aliphatic hydroxyl groups excluding tert-OH is 1. The minimum Gasteiger partial charge on any atom is -0.508 e. The van der Waals surface area contributed by atoms with Gasteiger partial charge in [-0.15, -0.1) is 0 Å². The fourth-order valence-corrected chi connectivity index (χ4v) is 4.45. The number of rotatable bonds is 4. The van der Waals surface area contributed by atoms with Gasteiger partial charge in [-0.1, -0.05) is 26.3 Å². The summed E-state index contributed by atoms with van der Waals surface area (Å²) in [7, 11) is 0. The molecule has 132 valence electrons. The lowest BCUT2D eigenvalue weighted by Gasteiger charge is -2.49. The zero-order valence-electron chi connectivity index (χ0n) is 15.1. The van der Waals surface area contributed by atoms with Gasteiger partial charge in [-0.25, -0.2) is 0 Å². The third-order valence-electron chi connectivity index (χ3n) is 5.82. The Morgan fingerprint density at radius 3 is 2.75 bits per heavy atom. The monoisotopic (exact) mass is 330 g/mol. The van der Waals surface area contributed by atoms with Crippen molar-refractivity contribution in [1.29, 1.82) is 0 Å². The summed E-state index contributed by atoms with van der Waals surface area (Å²) in [6.07, 6.45) is 5.57. The van der Waals surface area contributed by atoms with E-state index in [2.05, 4.69) is 33.4 Å². The predicted molar refractivity (Wildman–Crippen MR) is 96.7 cm³/mol. The molecule has 1 heterocycles. The maximum absolute atomic E-state index is 10.8. The number of aromatic hydroxyl groups is 1. The van der Waals surface area contributed by atoms with Gasteiger partial charge in [0.25, 0.3) is 0 Å². The van der Waals surface area contributed by atoms with Crippen LogP contribution in [0.15, 0.2) is 24.3 Å². The van der Waals surface area contributed by atoms with E-state index < -0.39 is 6.10 Å². The molecule has 3 heteroatoms. The minimum absolute atomic E-state index is 0.130. The quantitative estimate of drug-likeness (QED) is 0.621. The average Bonchev–Trinajstić information content (AvgIpc) is 2.50. The summed E-state index contributed by atoms with van der Waals surface area (Å²) in [5, 5.41) is 21.4. The molecule has 0 aromatic heterocycles. The van der Waals surface area contributed by atoms with Crippen LogP contribution in [0.3, 0.4) is 0 Å². The molecule has 3 rings (SSSR count). The molecule has 1 aliphatic heterocycles. The van der Waals surface area contributed by atoms with Crippen LogP contribution in [0.25, 0.3) is 0 Å². The highest BCUT2D eigenvalue weighted by Crippen LogP contribution is 2.55. The minimum atomic E-state index is -0.609. The Labute approximate surface area is 145 Å². The number of benzene rings is 1. The topological polar surface area (TPSA) is 49.7 Å². The highest BCUT2D eigenvalue weighted by molar-refractivity contribution is 5.53. The first-order chi connectivity index (χ1) is 11.3. The number of phenolic OH excluding ortho intramolecular Hbond substituents is 1. The molecule has 1 aliphatic carbocycles. The molecule has 1 aromatic rings. The van der Waals surface area contributed by atoms with Gasteiger partial charge in [0.15, 0.2) is 0 Å². The largest absolute Gasteiger partial charge is 0.508 e. The van der Waals surface area contributed by atoms with Gasteiger partial charge in [0.2, 0.25) is 0 Å². The van der Waals surface area contributed by atoms with E-state index in [1.165, 1.54) is 12.8 Å². The van der Waals surface area contributed by atoms with Gasteiger partial charge in [0, 0.05) is 17.4 Å². The van der Waals surface area contributed by atoms with Crippen molar-refractivity contribution >= 4 is 0 Å². The van der Waals surface area contributed by atoms with Crippen LogP contribution in [0, 0.1) is 5.92 Å². The summed E-state index contributed by atoms with van der Waals surface area (Å²) in [5.74, 6) is 1.05. The third-order valence-corrected chi connectivity index (χ3v) is 5.82. The van der Waals surface area contributed by atoms with Gasteiger partial charge in [0.05, 0.1) is 6.10 Å². The molecule has 2 aliphatic rings. The lowest BCUT2D eigenvalue weighted by Crippen LogP contribution is -2.50. The first-order valence-corrected chi connectivity index (χ1v) is 9.25. The summed E-state index contributed by atoms with van der Waals surface area (Å²) >= 11 is 0. The number of aliphatic hydroxyl groups is 1. The number of unbranched alkanes of at least 4 members (excludes halogenated alkanes) is 2. The van der Waals surface area contributed by atoms with Crippen molar-refractivity contribution in [2.75, 3.05) is 0 Å². The molecular weight excluding hydrogens is 300 g/mol. The van der Waals surface area contributed by atoms with E-state index in [4.69, 9.17) is 4.74 Å². The first-order valence-electron chi connectivity index (χ1n) is 9.25. The van der Waals surface area contributed by atoms with E-state index in [0.29, 0.717) is 0 Å². The summed E-state index contributed by atoms with van der Waals surface area (Å²) in [5.41, 5.74) is 2.39. The molecule has 1 saturated carbocycles. The fraction of sp³-hybridized carbons (Fsp3) is 0.619. The van der Waals surface area contributed by atoms with Crippen molar-refractivity contribution in [1.82, 2.24) is 0 Å². The molecule has 1 fully saturated rings. The molecule has 2 N–H and O–H groups in total. The zero-order chi connectivity index (χ0) is 17.5. The fourth-order valence-electron chi connectivity index (χ4n) is 4.45. The number of phenols is 1. The predicted octanol–water partition coefficient (Wildman–Crippen LogP) is 4.71. The molecule has 24 heavy (non-hydrogen) atoms. The lowest BCUT2D eigenvalue weighted by molar-refractivity contribution is -0.0321. The Kier molecular flexibility index (Phi) is 4.65. The smallest absolute Gasteiger partial charge is 0.127 e. The summed E-state index contributed by atoms with van der Waals surface area (Å²) < 4.78 is 6.30. The Balaban J connectivity index is 2.01. The molecule has 0 spiro atoms. The van der Waals surface area contributed by atoms with Crippen LogP contribution >= 0.6 is 0 Å². The van der Waals surface area contributed by atoms with E-state index in [1.807, 2.05) is 6.07 Å². The Morgan fingerprint density at radius 2 is 2.04 bits per heavy atom. The van der Waals surface area contributed by atoms with Crippen molar-refractivity contribution in [2.24, 2.45) is 5.92 Å². The van der Waals surface area contributed by atoms with Gasteiger partial charge in [-0.2, -0.15) is 0 Å². The number of hydrogen-bond donors (Lipinski definition) is 2. The van der Waals surface area contributed by atoms with Gasteiger partial charge >= 0.3 is 0 Å². The summed E-state index contributed by atoms with van der Waals surface area (Å²) in [6, 6.07) is 3.92. The van der Waals surface area contributed by atoms with E-state index in [-0.39, 0.29) is 23.2 Å². The van der Waals surface area contributed by atoms with Crippen LogP contribution in [0.1, 0.15) is 69.9 Å². The van der Waals surface area contributed by atoms with E-state index >= 15 is 0 Å². The van der Waals surface area contributed by atoms with Gasteiger partial charge in [-0.3, -0.25) is 0 Å². The van der Waals surface area contributed by atoms with Crippen molar-refractivity contribution in [3.8, 4) is 11.5 Å². The standard InChI is InChI=1S/C21H30O3/c1-5-6-7-8-14-11-16(22)19-17(12-14)24-21(3,4)15-10-9-13(2)20(23)18(15)19/h11-12,15,18,20,22-23H,2,5-10H2,1,3-4H3/t15-,18-,20-/m0/s1. The number of fused-ring (bicyclic) bond motifs is 3. The van der Waals surface area contributed by atoms with E-state index in [0.717, 1.165) is 48.1 Å². The van der Waals surface area contributed by atoms with Crippen molar-refractivity contribution < 1.29 is 14.9 Å². The Bertz CT molecular complexity index is 632. The molecule has 3 atom stereocenters. The Hall–Kier alpha value is -1.48. The van der Waals surface area contributed by atoms with Crippen molar-refractivity contribution in [2.45, 2.75) is 76.9 Å². The second-order valence-electron chi connectivity index (χ2n) is 7.96. The molecule has 0 saturated heterocycles. The van der Waals surface area contributed by atoms with Crippen LogP contribution in [0.5, 0.6) is 11.5 Å². The number of ether oxygens (including phenoxy) is 1. The van der Waals surface area contributed by atoms with Crippen LogP contribution < -0.4 is 4.74 Å². The second kappa shape index (κ2) is 6.44. The van der Waals surface area contributed by atoms with Crippen LogP contribution in [0.2, 0.25) is 0 Å². The van der Waals surface area contributed by atoms with E-state index in [1.54, 1.807) is 0 Å². The number of hydrogen-bond acceptors (Lipinski definition) is 3. The van der Waals surface area contributed by atoms with Crippen LogP contribution in [-0.4, -0.2) is 21.9 Å². The third kappa shape index (κ3) is 2.95. The summed E-state index contributed by atoms with van der Waals surface area (Å²) in [6.45, 7) is 10.4. The van der Waals surface area contributed by atoms with E-state index in [9.17, 15) is 10.2 Å². The molecule has 0 radical (unpaired) electrons. The maximum atomic E-state index is 10.8. The van der Waals surface area contributed by atoms with Gasteiger partial charge < -0.3 is 14.9 Å². The maximum Gasteiger partial charge on any atom is 0.127 e. The molecular formula is C21H30O3. The lowest BCUT2D eigenvalue weighted by atomic mass is 9.64. The van der Waals surface area contributed by atoms with Crippen LogP contribution in [-0.2, 0) is 6.42 Å². The van der Waals surface area contributed by atoms with Crippen molar-refractivity contribution in [3.05, 3.63) is 35.4 Å². The molecule has 1 aromatic carbocycles. The zero-order valence-corrected chi connectivity index (χ0v) is 15.1. The van der Waals surface area contributed by atoms with Gasteiger partial charge in [-0.05, 0) is 62.8 Å². The molecule has 0 unspecified atom stereocenters. The highest BCUT2D eigenvalue weighted by atomic mass is 16.5. The van der Waals surface area contributed by atoms with Crippen LogP contribution in [0.4, 0.5) is 0 Å². The normalized spacial score (nSPS) is 28.0.